The van der Waals surface area contributed by atoms with Gasteiger partial charge in [-0.25, -0.2) is 9.78 Å². The topological polar surface area (TPSA) is 115 Å². The molecule has 3 amide bonds. The molecule has 32 heavy (non-hydrogen) atoms. The molecule has 0 radical (unpaired) electrons. The molecule has 10 nitrogen and oxygen atoms in total. The van der Waals surface area contributed by atoms with E-state index in [1.807, 2.05) is 20.9 Å². The first-order valence-corrected chi connectivity index (χ1v) is 10.9. The van der Waals surface area contributed by atoms with E-state index in [1.54, 1.807) is 24.4 Å². The van der Waals surface area contributed by atoms with E-state index in [4.69, 9.17) is 0 Å². The van der Waals surface area contributed by atoms with E-state index in [2.05, 4.69) is 48.1 Å². The SMILES string of the molecule is CC(C)NC(=O)Nc1ccc2c(c1)Nc1nc(N(C)C3CCN(C)CC3)ncc1C(=O)N2. The first kappa shape index (κ1) is 21.8. The van der Waals surface area contributed by atoms with Crippen molar-refractivity contribution in [1.82, 2.24) is 20.2 Å². The monoisotopic (exact) mass is 438 g/mol. The number of piperidine rings is 1. The van der Waals surface area contributed by atoms with Crippen molar-refractivity contribution in [2.45, 2.75) is 38.8 Å². The average Bonchev–Trinajstić information content (AvgIpc) is 2.88. The number of hydrogen-bond donors (Lipinski definition) is 4. The first-order valence-electron chi connectivity index (χ1n) is 10.9. The molecule has 4 rings (SSSR count). The van der Waals surface area contributed by atoms with Gasteiger partial charge in [-0.3, -0.25) is 4.79 Å². The van der Waals surface area contributed by atoms with Crippen LogP contribution in [0.15, 0.2) is 24.4 Å². The van der Waals surface area contributed by atoms with Gasteiger partial charge >= 0.3 is 6.03 Å². The average molecular weight is 439 g/mol. The lowest BCUT2D eigenvalue weighted by Crippen LogP contribution is -2.42. The number of amides is 3. The van der Waals surface area contributed by atoms with E-state index >= 15 is 0 Å². The van der Waals surface area contributed by atoms with Crippen molar-refractivity contribution >= 4 is 40.8 Å². The highest BCUT2D eigenvalue weighted by molar-refractivity contribution is 6.11. The lowest BCUT2D eigenvalue weighted by molar-refractivity contribution is 0.102. The van der Waals surface area contributed by atoms with Crippen LogP contribution >= 0.6 is 0 Å². The fourth-order valence-electron chi connectivity index (χ4n) is 3.93. The molecule has 0 aliphatic carbocycles. The van der Waals surface area contributed by atoms with Crippen molar-refractivity contribution in [1.29, 1.82) is 0 Å². The molecule has 0 saturated carbocycles. The summed E-state index contributed by atoms with van der Waals surface area (Å²) in [4.78, 5) is 38.3. The lowest BCUT2D eigenvalue weighted by atomic mass is 10.0. The van der Waals surface area contributed by atoms with Gasteiger partial charge < -0.3 is 31.1 Å². The number of nitrogens with zero attached hydrogens (tertiary/aromatic N) is 4. The molecule has 170 valence electrons. The van der Waals surface area contributed by atoms with E-state index in [9.17, 15) is 9.59 Å². The van der Waals surface area contributed by atoms with Crippen molar-refractivity contribution in [3.63, 3.8) is 0 Å². The third kappa shape index (κ3) is 4.75. The Balaban J connectivity index is 1.58. The third-order valence-electron chi connectivity index (χ3n) is 5.77. The highest BCUT2D eigenvalue weighted by Crippen LogP contribution is 2.33. The summed E-state index contributed by atoms with van der Waals surface area (Å²) in [5, 5.41) is 11.7. The maximum Gasteiger partial charge on any atom is 0.319 e. The van der Waals surface area contributed by atoms with Gasteiger partial charge in [0.15, 0.2) is 0 Å². The van der Waals surface area contributed by atoms with E-state index in [0.29, 0.717) is 40.4 Å². The number of nitrogens with one attached hydrogen (secondary N) is 4. The predicted octanol–water partition coefficient (Wildman–Crippen LogP) is 2.85. The molecule has 1 saturated heterocycles. The van der Waals surface area contributed by atoms with Gasteiger partial charge in [-0.15, -0.1) is 0 Å². The van der Waals surface area contributed by atoms with Gasteiger partial charge in [0.1, 0.15) is 11.4 Å². The Morgan fingerprint density at radius 1 is 1.22 bits per heavy atom. The van der Waals surface area contributed by atoms with E-state index in [-0.39, 0.29) is 18.0 Å². The molecule has 1 fully saturated rings. The highest BCUT2D eigenvalue weighted by Gasteiger charge is 2.26. The molecule has 1 aromatic carbocycles. The number of urea groups is 1. The number of rotatable bonds is 4. The lowest BCUT2D eigenvalue weighted by Gasteiger charge is -2.35. The standard InChI is InChI=1S/C22H30N8O2/c1-13(2)24-22(32)25-14-5-6-17-18(11-14)26-19-16(20(31)27-17)12-23-21(28-19)30(4)15-7-9-29(3)10-8-15/h5-6,11-13,15H,7-10H2,1-4H3,(H,27,31)(H,23,26,28)(H2,24,25,32). The van der Waals surface area contributed by atoms with Gasteiger partial charge in [0, 0.05) is 31.0 Å². The molecule has 0 unspecified atom stereocenters. The van der Waals surface area contributed by atoms with Crippen LogP contribution in [-0.2, 0) is 0 Å². The number of benzene rings is 1. The number of fused-ring (bicyclic) bond motifs is 2. The number of likely N-dealkylation sites (tertiary alicyclic amines) is 1. The molecule has 0 atom stereocenters. The summed E-state index contributed by atoms with van der Waals surface area (Å²) in [6.07, 6.45) is 3.64. The predicted molar refractivity (Wildman–Crippen MR) is 126 cm³/mol. The normalized spacial score (nSPS) is 16.3. The van der Waals surface area contributed by atoms with Crippen LogP contribution in [0.1, 0.15) is 37.0 Å². The number of carbonyl (C=O) groups excluding carboxylic acids is 2. The van der Waals surface area contributed by atoms with Gasteiger partial charge in [-0.05, 0) is 65.0 Å². The van der Waals surface area contributed by atoms with Crippen molar-refractivity contribution in [3.05, 3.63) is 30.0 Å². The molecule has 0 spiro atoms. The van der Waals surface area contributed by atoms with Crippen molar-refractivity contribution in [2.24, 2.45) is 0 Å². The quantitative estimate of drug-likeness (QED) is 0.580. The molecule has 0 bridgehead atoms. The minimum Gasteiger partial charge on any atom is -0.341 e. The molecule has 1 aromatic heterocycles. The van der Waals surface area contributed by atoms with Crippen LogP contribution in [0, 0.1) is 0 Å². The Bertz CT molecular complexity index is 1020. The van der Waals surface area contributed by atoms with Gasteiger partial charge in [0.2, 0.25) is 5.95 Å². The molecule has 10 heteroatoms. The highest BCUT2D eigenvalue weighted by atomic mass is 16.2. The van der Waals surface area contributed by atoms with E-state index < -0.39 is 0 Å². The second-order valence-corrected chi connectivity index (χ2v) is 8.67. The van der Waals surface area contributed by atoms with Crippen LogP contribution in [-0.4, -0.2) is 66.1 Å². The molecular formula is C22H30N8O2. The zero-order valence-corrected chi connectivity index (χ0v) is 18.9. The summed E-state index contributed by atoms with van der Waals surface area (Å²) >= 11 is 0. The molecule has 4 N–H and O–H groups in total. The Morgan fingerprint density at radius 2 is 1.97 bits per heavy atom. The summed E-state index contributed by atoms with van der Waals surface area (Å²) in [7, 11) is 4.13. The molecule has 2 aliphatic heterocycles. The molecule has 2 aliphatic rings. The van der Waals surface area contributed by atoms with Crippen LogP contribution < -0.4 is 26.2 Å². The van der Waals surface area contributed by atoms with Crippen LogP contribution in [0.2, 0.25) is 0 Å². The Morgan fingerprint density at radius 3 is 2.69 bits per heavy atom. The summed E-state index contributed by atoms with van der Waals surface area (Å²) in [5.74, 6) is 0.737. The number of anilines is 5. The second kappa shape index (κ2) is 8.99. The fraction of sp³-hybridized carbons (Fsp3) is 0.455. The first-order chi connectivity index (χ1) is 15.3. The van der Waals surface area contributed by atoms with Crippen molar-refractivity contribution < 1.29 is 9.59 Å². The minimum atomic E-state index is -0.289. The maximum atomic E-state index is 12.7. The second-order valence-electron chi connectivity index (χ2n) is 8.67. The summed E-state index contributed by atoms with van der Waals surface area (Å²) in [6.45, 7) is 5.86. The Labute approximate surface area is 187 Å². The summed E-state index contributed by atoms with van der Waals surface area (Å²) < 4.78 is 0. The smallest absolute Gasteiger partial charge is 0.319 e. The molecular weight excluding hydrogens is 408 g/mol. The van der Waals surface area contributed by atoms with Crippen LogP contribution in [0.4, 0.5) is 33.6 Å². The van der Waals surface area contributed by atoms with Gasteiger partial charge in [-0.2, -0.15) is 4.98 Å². The van der Waals surface area contributed by atoms with Crippen molar-refractivity contribution in [3.8, 4) is 0 Å². The Kier molecular flexibility index (Phi) is 6.13. The maximum absolute atomic E-state index is 12.7. The third-order valence-corrected chi connectivity index (χ3v) is 5.77. The zero-order chi connectivity index (χ0) is 22.8. The fourth-order valence-corrected chi connectivity index (χ4v) is 3.93. The molecule has 2 aromatic rings. The summed E-state index contributed by atoms with van der Waals surface area (Å²) in [6, 6.07) is 5.34. The minimum absolute atomic E-state index is 0.0248. The zero-order valence-electron chi connectivity index (χ0n) is 18.9. The largest absolute Gasteiger partial charge is 0.341 e. The van der Waals surface area contributed by atoms with Gasteiger partial charge in [0.05, 0.1) is 11.4 Å². The number of carbonyl (C=O) groups is 2. The summed E-state index contributed by atoms with van der Waals surface area (Å²) in [5.41, 5.74) is 2.22. The van der Waals surface area contributed by atoms with Crippen LogP contribution in [0.3, 0.4) is 0 Å². The number of aromatic nitrogens is 2. The van der Waals surface area contributed by atoms with Gasteiger partial charge in [-0.1, -0.05) is 0 Å². The van der Waals surface area contributed by atoms with E-state index in [1.165, 1.54) is 0 Å². The molecule has 3 heterocycles. The van der Waals surface area contributed by atoms with Crippen LogP contribution in [0.5, 0.6) is 0 Å². The van der Waals surface area contributed by atoms with Crippen LogP contribution in [0.25, 0.3) is 0 Å². The van der Waals surface area contributed by atoms with Gasteiger partial charge in [0.25, 0.3) is 5.91 Å². The Hall–Kier alpha value is -3.40. The number of hydrogen-bond acceptors (Lipinski definition) is 7. The van der Waals surface area contributed by atoms with Crippen molar-refractivity contribution in [2.75, 3.05) is 48.0 Å². The van der Waals surface area contributed by atoms with E-state index in [0.717, 1.165) is 25.9 Å².